The highest BCUT2D eigenvalue weighted by Crippen LogP contribution is 2.20. The second-order valence-corrected chi connectivity index (χ2v) is 7.50. The van der Waals surface area contributed by atoms with Gasteiger partial charge in [0.15, 0.2) is 0 Å². The van der Waals surface area contributed by atoms with Crippen molar-refractivity contribution in [3.05, 3.63) is 65.7 Å². The molecule has 0 aliphatic rings. The maximum Gasteiger partial charge on any atom is 0.245 e. The van der Waals surface area contributed by atoms with Crippen molar-refractivity contribution in [3.8, 4) is 0 Å². The van der Waals surface area contributed by atoms with Gasteiger partial charge in [-0.05, 0) is 38.5 Å². The van der Waals surface area contributed by atoms with Gasteiger partial charge in [-0.2, -0.15) is 4.72 Å². The lowest BCUT2D eigenvalue weighted by Gasteiger charge is -2.26. The minimum absolute atomic E-state index is 0.145. The molecule has 134 valence electrons. The van der Waals surface area contributed by atoms with Gasteiger partial charge in [0.25, 0.3) is 0 Å². The number of hydrogen-bond donors (Lipinski definition) is 1. The number of nitrogens with zero attached hydrogens (tertiary/aromatic N) is 1. The summed E-state index contributed by atoms with van der Waals surface area (Å²) in [5.74, 6) is -0.258. The quantitative estimate of drug-likeness (QED) is 0.826. The molecule has 5 nitrogen and oxygen atoms in total. The fourth-order valence-electron chi connectivity index (χ4n) is 2.56. The third kappa shape index (κ3) is 4.67. The van der Waals surface area contributed by atoms with E-state index < -0.39 is 16.1 Å². The number of hydrogen-bond acceptors (Lipinski definition) is 3. The van der Waals surface area contributed by atoms with Crippen LogP contribution in [0.2, 0.25) is 0 Å². The molecule has 2 aromatic rings. The smallest absolute Gasteiger partial charge is 0.245 e. The van der Waals surface area contributed by atoms with Crippen LogP contribution in [0.25, 0.3) is 0 Å². The molecular formula is C19H24N2O3S. The van der Waals surface area contributed by atoms with Crippen LogP contribution in [-0.4, -0.2) is 32.3 Å². The zero-order valence-electron chi connectivity index (χ0n) is 14.8. The highest BCUT2D eigenvalue weighted by Gasteiger charge is 2.29. The molecule has 0 heterocycles. The van der Waals surface area contributed by atoms with Gasteiger partial charge >= 0.3 is 0 Å². The fraction of sp³-hybridized carbons (Fsp3) is 0.316. The largest absolute Gasteiger partial charge is 0.342 e. The summed E-state index contributed by atoms with van der Waals surface area (Å²) in [6.07, 6.45) is 0. The second-order valence-electron chi connectivity index (χ2n) is 5.79. The lowest BCUT2D eigenvalue weighted by atomic mass is 10.1. The van der Waals surface area contributed by atoms with E-state index in [2.05, 4.69) is 4.72 Å². The first kappa shape index (κ1) is 19.1. The Morgan fingerprint density at radius 3 is 2.08 bits per heavy atom. The van der Waals surface area contributed by atoms with Gasteiger partial charge in [0, 0.05) is 13.1 Å². The topological polar surface area (TPSA) is 66.5 Å². The van der Waals surface area contributed by atoms with E-state index in [4.69, 9.17) is 0 Å². The van der Waals surface area contributed by atoms with Gasteiger partial charge in [0.1, 0.15) is 6.04 Å². The van der Waals surface area contributed by atoms with Crippen LogP contribution in [0.4, 0.5) is 0 Å². The van der Waals surface area contributed by atoms with Crippen molar-refractivity contribution in [2.75, 3.05) is 13.1 Å². The maximum atomic E-state index is 12.9. The summed E-state index contributed by atoms with van der Waals surface area (Å²) in [6.45, 7) is 6.67. The van der Waals surface area contributed by atoms with E-state index in [1.54, 1.807) is 53.4 Å². The average Bonchev–Trinajstić information content (AvgIpc) is 2.62. The molecule has 0 aliphatic heterocycles. The third-order valence-electron chi connectivity index (χ3n) is 4.06. The lowest BCUT2D eigenvalue weighted by Crippen LogP contribution is -2.42. The van der Waals surface area contributed by atoms with Gasteiger partial charge in [-0.3, -0.25) is 4.79 Å². The molecule has 0 aromatic heterocycles. The Balaban J connectivity index is 2.39. The van der Waals surface area contributed by atoms with Gasteiger partial charge in [-0.1, -0.05) is 48.0 Å². The molecule has 0 radical (unpaired) electrons. The van der Waals surface area contributed by atoms with Crippen LogP contribution in [0.5, 0.6) is 0 Å². The number of aryl methyl sites for hydroxylation is 1. The van der Waals surface area contributed by atoms with Gasteiger partial charge in [-0.15, -0.1) is 0 Å². The molecule has 25 heavy (non-hydrogen) atoms. The van der Waals surface area contributed by atoms with Crippen molar-refractivity contribution in [1.29, 1.82) is 0 Å². The number of likely N-dealkylation sites (N-methyl/N-ethyl adjacent to an activating group) is 1. The van der Waals surface area contributed by atoms with E-state index >= 15 is 0 Å². The number of benzene rings is 2. The van der Waals surface area contributed by atoms with Gasteiger partial charge in [-0.25, -0.2) is 8.42 Å². The number of carbonyl (C=O) groups excluding carboxylic acids is 1. The molecule has 0 fully saturated rings. The minimum Gasteiger partial charge on any atom is -0.342 e. The number of rotatable bonds is 7. The Morgan fingerprint density at radius 1 is 1.00 bits per heavy atom. The zero-order chi connectivity index (χ0) is 18.4. The Kier molecular flexibility index (Phi) is 6.33. The average molecular weight is 360 g/mol. The predicted molar refractivity (Wildman–Crippen MR) is 98.6 cm³/mol. The summed E-state index contributed by atoms with van der Waals surface area (Å²) in [4.78, 5) is 14.6. The van der Waals surface area contributed by atoms with Crippen molar-refractivity contribution in [3.63, 3.8) is 0 Å². The van der Waals surface area contributed by atoms with Gasteiger partial charge in [0.2, 0.25) is 15.9 Å². The van der Waals surface area contributed by atoms with Crippen LogP contribution in [0.3, 0.4) is 0 Å². The number of carbonyl (C=O) groups is 1. The molecular weight excluding hydrogens is 336 g/mol. The van der Waals surface area contributed by atoms with Crippen molar-refractivity contribution in [2.24, 2.45) is 0 Å². The molecule has 1 amide bonds. The SMILES string of the molecule is CCN(CC)C(=O)[C@@H](NS(=O)(=O)c1ccc(C)cc1)c1ccccc1. The molecule has 0 saturated carbocycles. The van der Waals surface area contributed by atoms with E-state index in [1.807, 2.05) is 26.8 Å². The summed E-state index contributed by atoms with van der Waals surface area (Å²) >= 11 is 0. The van der Waals surface area contributed by atoms with Crippen molar-refractivity contribution < 1.29 is 13.2 Å². The van der Waals surface area contributed by atoms with E-state index in [9.17, 15) is 13.2 Å². The van der Waals surface area contributed by atoms with E-state index in [-0.39, 0.29) is 10.8 Å². The lowest BCUT2D eigenvalue weighted by molar-refractivity contribution is -0.132. The second kappa shape index (κ2) is 8.27. The first-order valence-electron chi connectivity index (χ1n) is 8.31. The Bertz CT molecular complexity index is 798. The van der Waals surface area contributed by atoms with Crippen LogP contribution in [-0.2, 0) is 14.8 Å². The normalized spacial score (nSPS) is 12.6. The highest BCUT2D eigenvalue weighted by atomic mass is 32.2. The maximum absolute atomic E-state index is 12.9. The van der Waals surface area contributed by atoms with Crippen LogP contribution < -0.4 is 4.72 Å². The Morgan fingerprint density at radius 2 is 1.56 bits per heavy atom. The molecule has 1 atom stereocenters. The van der Waals surface area contributed by atoms with Crippen LogP contribution in [0.15, 0.2) is 59.5 Å². The summed E-state index contributed by atoms with van der Waals surface area (Å²) in [5, 5.41) is 0. The molecule has 0 saturated heterocycles. The molecule has 0 spiro atoms. The summed E-state index contributed by atoms with van der Waals surface area (Å²) in [7, 11) is -3.82. The number of nitrogens with one attached hydrogen (secondary N) is 1. The molecule has 0 unspecified atom stereocenters. The number of amides is 1. The van der Waals surface area contributed by atoms with Gasteiger partial charge in [0.05, 0.1) is 4.90 Å². The van der Waals surface area contributed by atoms with E-state index in [0.29, 0.717) is 18.7 Å². The molecule has 0 bridgehead atoms. The standard InChI is InChI=1S/C19H24N2O3S/c1-4-21(5-2)19(22)18(16-9-7-6-8-10-16)20-25(23,24)17-13-11-15(3)12-14-17/h6-14,18,20H,4-5H2,1-3H3/t18-/m0/s1. The highest BCUT2D eigenvalue weighted by molar-refractivity contribution is 7.89. The molecule has 1 N–H and O–H groups in total. The van der Waals surface area contributed by atoms with Crippen molar-refractivity contribution >= 4 is 15.9 Å². The first-order valence-corrected chi connectivity index (χ1v) is 9.80. The monoisotopic (exact) mass is 360 g/mol. The molecule has 0 aliphatic carbocycles. The molecule has 6 heteroatoms. The zero-order valence-corrected chi connectivity index (χ0v) is 15.6. The van der Waals surface area contributed by atoms with Crippen LogP contribution >= 0.6 is 0 Å². The van der Waals surface area contributed by atoms with E-state index in [0.717, 1.165) is 5.56 Å². The van der Waals surface area contributed by atoms with Crippen molar-refractivity contribution in [2.45, 2.75) is 31.7 Å². The Hall–Kier alpha value is -2.18. The summed E-state index contributed by atoms with van der Waals surface area (Å²) < 4.78 is 28.1. The minimum atomic E-state index is -3.82. The number of sulfonamides is 1. The van der Waals surface area contributed by atoms with Crippen molar-refractivity contribution in [1.82, 2.24) is 9.62 Å². The first-order chi connectivity index (χ1) is 11.9. The fourth-order valence-corrected chi connectivity index (χ4v) is 3.74. The summed E-state index contributed by atoms with van der Waals surface area (Å²) in [5.41, 5.74) is 1.59. The van der Waals surface area contributed by atoms with Gasteiger partial charge < -0.3 is 4.90 Å². The summed E-state index contributed by atoms with van der Waals surface area (Å²) in [6, 6.07) is 14.5. The van der Waals surface area contributed by atoms with E-state index in [1.165, 1.54) is 0 Å². The molecule has 2 rings (SSSR count). The third-order valence-corrected chi connectivity index (χ3v) is 5.50. The predicted octanol–water partition coefficient (Wildman–Crippen LogP) is 2.88. The Labute approximate surface area is 149 Å². The van der Waals surface area contributed by atoms with Crippen LogP contribution in [0, 0.1) is 6.92 Å². The molecule has 2 aromatic carbocycles. The van der Waals surface area contributed by atoms with Crippen LogP contribution in [0.1, 0.15) is 31.0 Å².